The van der Waals surface area contributed by atoms with E-state index >= 15 is 0 Å². The van der Waals surface area contributed by atoms with Crippen molar-refractivity contribution in [1.82, 2.24) is 5.32 Å². The predicted molar refractivity (Wildman–Crippen MR) is 62.8 cm³/mol. The van der Waals surface area contributed by atoms with E-state index in [0.717, 1.165) is 6.42 Å². The number of nitrogens with one attached hydrogen (secondary N) is 1. The minimum absolute atomic E-state index is 0.0842. The molecule has 0 heterocycles. The van der Waals surface area contributed by atoms with Crippen molar-refractivity contribution in [1.29, 1.82) is 0 Å². The van der Waals surface area contributed by atoms with Gasteiger partial charge in [0, 0.05) is 12.1 Å². The third-order valence-corrected chi connectivity index (χ3v) is 2.86. The SMILES string of the molecule is CCCCC(C)NC(C)C(C)C(=O)OC. The molecule has 0 aromatic rings. The number of methoxy groups -OCH3 is 1. The second kappa shape index (κ2) is 7.69. The number of carbonyl (C=O) groups is 1. The fourth-order valence-electron chi connectivity index (χ4n) is 1.58. The molecule has 0 radical (unpaired) electrons. The van der Waals surface area contributed by atoms with E-state index in [2.05, 4.69) is 19.2 Å². The van der Waals surface area contributed by atoms with Crippen molar-refractivity contribution in [3.8, 4) is 0 Å². The second-order valence-corrected chi connectivity index (χ2v) is 4.31. The van der Waals surface area contributed by atoms with Gasteiger partial charge in [-0.2, -0.15) is 0 Å². The van der Waals surface area contributed by atoms with Crippen LogP contribution >= 0.6 is 0 Å². The number of hydrogen-bond acceptors (Lipinski definition) is 3. The highest BCUT2D eigenvalue weighted by Crippen LogP contribution is 2.08. The summed E-state index contributed by atoms with van der Waals surface area (Å²) in [6, 6.07) is 0.636. The lowest BCUT2D eigenvalue weighted by molar-refractivity contribution is -0.145. The van der Waals surface area contributed by atoms with Gasteiger partial charge in [0.05, 0.1) is 13.0 Å². The fourth-order valence-corrected chi connectivity index (χ4v) is 1.58. The summed E-state index contributed by atoms with van der Waals surface area (Å²) >= 11 is 0. The molecule has 0 fully saturated rings. The molecule has 0 rings (SSSR count). The van der Waals surface area contributed by atoms with Gasteiger partial charge < -0.3 is 10.1 Å². The lowest BCUT2D eigenvalue weighted by Gasteiger charge is -2.23. The number of esters is 1. The molecule has 3 unspecified atom stereocenters. The van der Waals surface area contributed by atoms with Gasteiger partial charge in [0.1, 0.15) is 0 Å². The molecular weight excluding hydrogens is 190 g/mol. The highest BCUT2D eigenvalue weighted by atomic mass is 16.5. The Labute approximate surface area is 93.6 Å². The maximum atomic E-state index is 11.3. The molecule has 0 aromatic carbocycles. The summed E-state index contributed by atoms with van der Waals surface area (Å²) in [5.41, 5.74) is 0. The van der Waals surface area contributed by atoms with Gasteiger partial charge in [-0.25, -0.2) is 0 Å². The van der Waals surface area contributed by atoms with Crippen molar-refractivity contribution in [2.24, 2.45) is 5.92 Å². The lowest BCUT2D eigenvalue weighted by Crippen LogP contribution is -2.41. The average molecular weight is 215 g/mol. The van der Waals surface area contributed by atoms with Crippen molar-refractivity contribution in [3.05, 3.63) is 0 Å². The van der Waals surface area contributed by atoms with Gasteiger partial charge in [-0.15, -0.1) is 0 Å². The van der Waals surface area contributed by atoms with E-state index in [1.54, 1.807) is 0 Å². The van der Waals surface area contributed by atoms with Crippen molar-refractivity contribution in [2.45, 2.75) is 59.0 Å². The number of unbranched alkanes of at least 4 members (excludes halogenated alkanes) is 1. The van der Waals surface area contributed by atoms with Crippen LogP contribution in [-0.4, -0.2) is 25.2 Å². The molecule has 0 saturated heterocycles. The van der Waals surface area contributed by atoms with Gasteiger partial charge in [-0.1, -0.05) is 26.7 Å². The van der Waals surface area contributed by atoms with E-state index in [1.165, 1.54) is 20.0 Å². The number of ether oxygens (including phenoxy) is 1. The fraction of sp³-hybridized carbons (Fsp3) is 0.917. The van der Waals surface area contributed by atoms with E-state index in [0.29, 0.717) is 6.04 Å². The zero-order valence-corrected chi connectivity index (χ0v) is 10.7. The maximum absolute atomic E-state index is 11.3. The summed E-state index contributed by atoms with van der Waals surface area (Å²) in [4.78, 5) is 11.3. The van der Waals surface area contributed by atoms with E-state index < -0.39 is 0 Å². The first-order valence-electron chi connectivity index (χ1n) is 5.86. The molecule has 0 saturated carbocycles. The Bertz CT molecular complexity index is 182. The van der Waals surface area contributed by atoms with Gasteiger partial charge in [0.2, 0.25) is 0 Å². The summed E-state index contributed by atoms with van der Waals surface area (Å²) in [5.74, 6) is -0.225. The minimum atomic E-state index is -0.141. The summed E-state index contributed by atoms with van der Waals surface area (Å²) < 4.78 is 4.72. The smallest absolute Gasteiger partial charge is 0.309 e. The third-order valence-electron chi connectivity index (χ3n) is 2.86. The first-order valence-corrected chi connectivity index (χ1v) is 5.86. The molecule has 0 aliphatic heterocycles. The molecule has 0 aromatic heterocycles. The molecular formula is C12H25NO2. The zero-order chi connectivity index (χ0) is 11.8. The number of carbonyl (C=O) groups excluding carboxylic acids is 1. The van der Waals surface area contributed by atoms with Gasteiger partial charge >= 0.3 is 5.97 Å². The monoisotopic (exact) mass is 215 g/mol. The van der Waals surface area contributed by atoms with Crippen LogP contribution in [0, 0.1) is 5.92 Å². The van der Waals surface area contributed by atoms with Crippen LogP contribution in [0.3, 0.4) is 0 Å². The van der Waals surface area contributed by atoms with Crippen LogP contribution in [0.1, 0.15) is 47.0 Å². The van der Waals surface area contributed by atoms with E-state index in [9.17, 15) is 4.79 Å². The summed E-state index contributed by atoms with van der Waals surface area (Å²) in [6.07, 6.45) is 3.61. The standard InChI is InChI=1S/C12H25NO2/c1-6-7-8-9(2)13-11(4)10(3)12(14)15-5/h9-11,13H,6-8H2,1-5H3. The molecule has 0 amide bonds. The Morgan fingerprint density at radius 3 is 2.40 bits per heavy atom. The topological polar surface area (TPSA) is 38.3 Å². The molecule has 3 nitrogen and oxygen atoms in total. The summed E-state index contributed by atoms with van der Waals surface area (Å²) in [5, 5.41) is 3.43. The van der Waals surface area contributed by atoms with Crippen molar-refractivity contribution in [3.63, 3.8) is 0 Å². The molecule has 15 heavy (non-hydrogen) atoms. The van der Waals surface area contributed by atoms with Crippen molar-refractivity contribution >= 4 is 5.97 Å². The molecule has 0 aliphatic rings. The predicted octanol–water partition coefficient (Wildman–Crippen LogP) is 2.35. The maximum Gasteiger partial charge on any atom is 0.309 e. The van der Waals surface area contributed by atoms with E-state index in [4.69, 9.17) is 4.74 Å². The number of rotatable bonds is 7. The van der Waals surface area contributed by atoms with Crippen LogP contribution in [0.4, 0.5) is 0 Å². The third kappa shape index (κ3) is 5.78. The van der Waals surface area contributed by atoms with Crippen molar-refractivity contribution in [2.75, 3.05) is 7.11 Å². The van der Waals surface area contributed by atoms with Gasteiger partial charge in [-0.3, -0.25) is 4.79 Å². The quantitative estimate of drug-likeness (QED) is 0.662. The molecule has 1 N–H and O–H groups in total. The highest BCUT2D eigenvalue weighted by Gasteiger charge is 2.21. The van der Waals surface area contributed by atoms with Crippen LogP contribution in [0.15, 0.2) is 0 Å². The molecule has 0 bridgehead atoms. The Morgan fingerprint density at radius 2 is 1.93 bits per heavy atom. The zero-order valence-electron chi connectivity index (χ0n) is 10.7. The van der Waals surface area contributed by atoms with E-state index in [1.807, 2.05) is 13.8 Å². The van der Waals surface area contributed by atoms with Gasteiger partial charge in [0.25, 0.3) is 0 Å². The highest BCUT2D eigenvalue weighted by molar-refractivity contribution is 5.72. The molecule has 3 heteroatoms. The van der Waals surface area contributed by atoms with Crippen LogP contribution in [0.2, 0.25) is 0 Å². The van der Waals surface area contributed by atoms with Crippen LogP contribution in [-0.2, 0) is 9.53 Å². The number of hydrogen-bond donors (Lipinski definition) is 1. The lowest BCUT2D eigenvalue weighted by atomic mass is 10.0. The van der Waals surface area contributed by atoms with Gasteiger partial charge in [-0.05, 0) is 20.3 Å². The van der Waals surface area contributed by atoms with Crippen molar-refractivity contribution < 1.29 is 9.53 Å². The molecule has 3 atom stereocenters. The minimum Gasteiger partial charge on any atom is -0.469 e. The Morgan fingerprint density at radius 1 is 1.33 bits per heavy atom. The van der Waals surface area contributed by atoms with Gasteiger partial charge in [0.15, 0.2) is 0 Å². The Balaban J connectivity index is 3.89. The van der Waals surface area contributed by atoms with E-state index in [-0.39, 0.29) is 17.9 Å². The second-order valence-electron chi connectivity index (χ2n) is 4.31. The average Bonchev–Trinajstić information content (AvgIpc) is 2.23. The first kappa shape index (κ1) is 14.4. The van der Waals surface area contributed by atoms with Crippen LogP contribution in [0.5, 0.6) is 0 Å². The largest absolute Gasteiger partial charge is 0.469 e. The molecule has 90 valence electrons. The normalized spacial score (nSPS) is 16.9. The summed E-state index contributed by atoms with van der Waals surface area (Å²) in [6.45, 7) is 8.28. The first-order chi connectivity index (χ1) is 7.02. The summed E-state index contributed by atoms with van der Waals surface area (Å²) in [7, 11) is 1.44. The van der Waals surface area contributed by atoms with Crippen LogP contribution in [0.25, 0.3) is 0 Å². The molecule has 0 aliphatic carbocycles. The Kier molecular flexibility index (Phi) is 7.39. The molecule has 0 spiro atoms. The van der Waals surface area contributed by atoms with Crippen LogP contribution < -0.4 is 5.32 Å². The Hall–Kier alpha value is -0.570.